The SMILES string of the molecule is CCn1c2ccccc2c2cc(CN3Cc4ccccc4O3)ccc21. The van der Waals surface area contributed by atoms with Crippen LogP contribution in [0, 0.1) is 0 Å². The van der Waals surface area contributed by atoms with E-state index in [0.717, 1.165) is 25.4 Å². The zero-order valence-electron chi connectivity index (χ0n) is 14.3. The monoisotopic (exact) mass is 328 g/mol. The topological polar surface area (TPSA) is 17.4 Å². The molecule has 0 radical (unpaired) electrons. The molecule has 25 heavy (non-hydrogen) atoms. The highest BCUT2D eigenvalue weighted by atomic mass is 16.7. The zero-order chi connectivity index (χ0) is 16.8. The van der Waals surface area contributed by atoms with Gasteiger partial charge in [-0.3, -0.25) is 0 Å². The molecule has 3 nitrogen and oxygen atoms in total. The van der Waals surface area contributed by atoms with Gasteiger partial charge in [-0.15, -0.1) is 5.06 Å². The number of aromatic nitrogens is 1. The van der Waals surface area contributed by atoms with Crippen molar-refractivity contribution < 1.29 is 4.84 Å². The average molecular weight is 328 g/mol. The summed E-state index contributed by atoms with van der Waals surface area (Å²) in [6.07, 6.45) is 0. The van der Waals surface area contributed by atoms with Crippen LogP contribution in [0.4, 0.5) is 0 Å². The molecule has 0 fully saturated rings. The van der Waals surface area contributed by atoms with Gasteiger partial charge in [0, 0.05) is 33.9 Å². The summed E-state index contributed by atoms with van der Waals surface area (Å²) >= 11 is 0. The van der Waals surface area contributed by atoms with Crippen LogP contribution >= 0.6 is 0 Å². The van der Waals surface area contributed by atoms with Crippen LogP contribution in [0.2, 0.25) is 0 Å². The van der Waals surface area contributed by atoms with E-state index in [9.17, 15) is 0 Å². The number of benzene rings is 3. The molecule has 0 aliphatic carbocycles. The van der Waals surface area contributed by atoms with E-state index in [0.29, 0.717) is 0 Å². The molecule has 3 heteroatoms. The number of para-hydroxylation sites is 2. The third-order valence-corrected chi connectivity index (χ3v) is 5.06. The summed E-state index contributed by atoms with van der Waals surface area (Å²) in [6.45, 7) is 4.81. The fourth-order valence-electron chi connectivity index (χ4n) is 3.92. The van der Waals surface area contributed by atoms with E-state index in [2.05, 4.69) is 66.1 Å². The second-order valence-electron chi connectivity index (χ2n) is 6.61. The van der Waals surface area contributed by atoms with Crippen LogP contribution in [0.3, 0.4) is 0 Å². The Morgan fingerprint density at radius 1 is 0.880 bits per heavy atom. The lowest BCUT2D eigenvalue weighted by Crippen LogP contribution is -2.20. The first-order valence-corrected chi connectivity index (χ1v) is 8.84. The van der Waals surface area contributed by atoms with Crippen molar-refractivity contribution >= 4 is 21.8 Å². The van der Waals surface area contributed by atoms with Crippen molar-refractivity contribution in [2.75, 3.05) is 0 Å². The van der Waals surface area contributed by atoms with Gasteiger partial charge in [0.05, 0.1) is 13.1 Å². The van der Waals surface area contributed by atoms with Crippen molar-refractivity contribution in [1.82, 2.24) is 9.63 Å². The predicted molar refractivity (Wildman–Crippen MR) is 101 cm³/mol. The van der Waals surface area contributed by atoms with Crippen molar-refractivity contribution in [1.29, 1.82) is 0 Å². The minimum absolute atomic E-state index is 0.788. The quantitative estimate of drug-likeness (QED) is 0.519. The van der Waals surface area contributed by atoms with Gasteiger partial charge in [-0.25, -0.2) is 0 Å². The van der Waals surface area contributed by atoms with Crippen molar-refractivity contribution in [3.8, 4) is 5.75 Å². The van der Waals surface area contributed by atoms with Crippen LogP contribution in [0.1, 0.15) is 18.1 Å². The van der Waals surface area contributed by atoms with Gasteiger partial charge < -0.3 is 9.40 Å². The molecule has 1 aromatic heterocycles. The third-order valence-electron chi connectivity index (χ3n) is 5.06. The van der Waals surface area contributed by atoms with Gasteiger partial charge >= 0.3 is 0 Å². The Bertz CT molecular complexity index is 1050. The van der Waals surface area contributed by atoms with Gasteiger partial charge in [0.2, 0.25) is 0 Å². The third kappa shape index (κ3) is 2.31. The Hall–Kier alpha value is -2.78. The maximum absolute atomic E-state index is 5.96. The molecule has 0 atom stereocenters. The summed E-state index contributed by atoms with van der Waals surface area (Å²) < 4.78 is 2.39. The first-order chi connectivity index (χ1) is 12.3. The van der Waals surface area contributed by atoms with Crippen LogP contribution in [0.25, 0.3) is 21.8 Å². The number of nitrogens with zero attached hydrogens (tertiary/aromatic N) is 2. The van der Waals surface area contributed by atoms with Crippen molar-refractivity contribution in [2.45, 2.75) is 26.6 Å². The minimum atomic E-state index is 0.788. The van der Waals surface area contributed by atoms with Gasteiger partial charge in [0.25, 0.3) is 0 Å². The smallest absolute Gasteiger partial charge is 0.152 e. The molecule has 2 heterocycles. The predicted octanol–water partition coefficient (Wildman–Crippen LogP) is 5.12. The average Bonchev–Trinajstić information content (AvgIpc) is 3.19. The summed E-state index contributed by atoms with van der Waals surface area (Å²) in [4.78, 5) is 5.96. The Balaban J connectivity index is 1.52. The van der Waals surface area contributed by atoms with E-state index in [1.54, 1.807) is 0 Å². The molecule has 124 valence electrons. The van der Waals surface area contributed by atoms with Gasteiger partial charge in [0.1, 0.15) is 0 Å². The van der Waals surface area contributed by atoms with Gasteiger partial charge in [-0.1, -0.05) is 42.5 Å². The molecule has 5 rings (SSSR count). The molecule has 0 spiro atoms. The molecule has 0 bridgehead atoms. The maximum Gasteiger partial charge on any atom is 0.152 e. The molecular weight excluding hydrogens is 308 g/mol. The molecule has 0 unspecified atom stereocenters. The van der Waals surface area contributed by atoms with Crippen molar-refractivity contribution in [2.24, 2.45) is 0 Å². The molecule has 0 saturated heterocycles. The number of hydrogen-bond donors (Lipinski definition) is 0. The second kappa shape index (κ2) is 5.64. The minimum Gasteiger partial charge on any atom is -0.405 e. The van der Waals surface area contributed by atoms with Crippen LogP contribution in [-0.4, -0.2) is 9.63 Å². The molecule has 0 N–H and O–H groups in total. The normalized spacial score (nSPS) is 14.1. The van der Waals surface area contributed by atoms with E-state index in [1.807, 2.05) is 17.2 Å². The fraction of sp³-hybridized carbons (Fsp3) is 0.182. The van der Waals surface area contributed by atoms with E-state index in [1.165, 1.54) is 32.9 Å². The van der Waals surface area contributed by atoms with E-state index < -0.39 is 0 Å². The summed E-state index contributed by atoms with van der Waals surface area (Å²) in [5.41, 5.74) is 5.14. The largest absolute Gasteiger partial charge is 0.405 e. The van der Waals surface area contributed by atoms with Gasteiger partial charge in [-0.05, 0) is 36.8 Å². The molecule has 0 saturated carbocycles. The standard InChI is InChI=1S/C22H20N2O/c1-2-24-20-9-5-4-8-18(20)19-13-16(11-12-21(19)24)14-23-15-17-7-3-6-10-22(17)25-23/h3-13H,2,14-15H2,1H3. The molecule has 4 aromatic rings. The number of fused-ring (bicyclic) bond motifs is 4. The summed E-state index contributed by atoms with van der Waals surface area (Å²) in [6, 6.07) is 23.7. The fourth-order valence-corrected chi connectivity index (χ4v) is 3.92. The lowest BCUT2D eigenvalue weighted by molar-refractivity contribution is -0.0513. The van der Waals surface area contributed by atoms with Crippen molar-refractivity contribution in [3.05, 3.63) is 77.9 Å². The second-order valence-corrected chi connectivity index (χ2v) is 6.61. The lowest BCUT2D eigenvalue weighted by atomic mass is 10.1. The summed E-state index contributed by atoms with van der Waals surface area (Å²) in [7, 11) is 0. The molecule has 3 aromatic carbocycles. The van der Waals surface area contributed by atoms with Crippen LogP contribution in [0.5, 0.6) is 5.75 Å². The van der Waals surface area contributed by atoms with E-state index in [-0.39, 0.29) is 0 Å². The molecule has 1 aliphatic heterocycles. The molecule has 1 aliphatic rings. The summed E-state index contributed by atoms with van der Waals surface area (Å²) in [5.74, 6) is 0.978. The number of rotatable bonds is 3. The zero-order valence-corrected chi connectivity index (χ0v) is 14.3. The van der Waals surface area contributed by atoms with Crippen LogP contribution in [0.15, 0.2) is 66.7 Å². The maximum atomic E-state index is 5.96. The highest BCUT2D eigenvalue weighted by molar-refractivity contribution is 6.08. The number of aryl methyl sites for hydroxylation is 1. The number of hydroxylamine groups is 2. The Labute approximate surface area is 147 Å². The van der Waals surface area contributed by atoms with Crippen LogP contribution < -0.4 is 4.84 Å². The molecule has 0 amide bonds. The first kappa shape index (κ1) is 14.6. The first-order valence-electron chi connectivity index (χ1n) is 8.84. The number of hydrogen-bond acceptors (Lipinski definition) is 2. The molecular formula is C22H20N2O. The van der Waals surface area contributed by atoms with Gasteiger partial charge in [-0.2, -0.15) is 0 Å². The highest BCUT2D eigenvalue weighted by Gasteiger charge is 2.20. The van der Waals surface area contributed by atoms with E-state index >= 15 is 0 Å². The summed E-state index contributed by atoms with van der Waals surface area (Å²) in [5, 5.41) is 4.68. The Morgan fingerprint density at radius 3 is 2.56 bits per heavy atom. The Morgan fingerprint density at radius 2 is 1.68 bits per heavy atom. The van der Waals surface area contributed by atoms with Crippen molar-refractivity contribution in [3.63, 3.8) is 0 Å². The lowest BCUT2D eigenvalue weighted by Gasteiger charge is -2.14. The van der Waals surface area contributed by atoms with E-state index in [4.69, 9.17) is 4.84 Å². The van der Waals surface area contributed by atoms with Crippen LogP contribution in [-0.2, 0) is 19.6 Å². The Kier molecular flexibility index (Phi) is 3.28. The van der Waals surface area contributed by atoms with Gasteiger partial charge in [0.15, 0.2) is 5.75 Å². The highest BCUT2D eigenvalue weighted by Crippen LogP contribution is 2.32.